The fourth-order valence-electron chi connectivity index (χ4n) is 3.29. The Morgan fingerprint density at radius 2 is 2.03 bits per heavy atom. The van der Waals surface area contributed by atoms with Crippen molar-refractivity contribution < 1.29 is 18.3 Å². The van der Waals surface area contributed by atoms with E-state index in [0.29, 0.717) is 30.7 Å². The number of aromatic nitrogens is 3. The third-order valence-corrected chi connectivity index (χ3v) is 4.94. The molecule has 3 heterocycles. The van der Waals surface area contributed by atoms with Gasteiger partial charge in [-0.2, -0.15) is 4.39 Å². The van der Waals surface area contributed by atoms with Crippen LogP contribution in [-0.2, 0) is 6.54 Å². The van der Waals surface area contributed by atoms with Gasteiger partial charge in [0.25, 0.3) is 17.4 Å². The van der Waals surface area contributed by atoms with Crippen molar-refractivity contribution in [1.82, 2.24) is 25.2 Å². The number of ether oxygens (including phenoxy) is 1. The number of halogens is 2. The van der Waals surface area contributed by atoms with E-state index in [9.17, 15) is 18.4 Å². The zero-order chi connectivity index (χ0) is 21.4. The second-order valence-corrected chi connectivity index (χ2v) is 7.08. The number of pyridine rings is 1. The lowest BCUT2D eigenvalue weighted by atomic mass is 10.1. The fourth-order valence-corrected chi connectivity index (χ4v) is 3.29. The zero-order valence-corrected chi connectivity index (χ0v) is 16.3. The molecule has 10 heteroatoms. The number of aryl methyl sites for hydroxylation is 1. The molecule has 0 spiro atoms. The molecule has 0 aliphatic carbocycles. The third-order valence-electron chi connectivity index (χ3n) is 4.94. The number of carbonyl (C=O) groups is 1. The van der Waals surface area contributed by atoms with Crippen molar-refractivity contribution in [1.29, 1.82) is 0 Å². The molecule has 1 saturated heterocycles. The Morgan fingerprint density at radius 3 is 2.73 bits per heavy atom. The van der Waals surface area contributed by atoms with E-state index in [1.807, 2.05) is 4.90 Å². The maximum atomic E-state index is 14.8. The Kier molecular flexibility index (Phi) is 5.17. The zero-order valence-electron chi connectivity index (χ0n) is 16.3. The molecule has 0 radical (unpaired) electrons. The molecule has 3 aromatic rings. The topological polar surface area (TPSA) is 100 Å². The Balaban J connectivity index is 1.40. The largest absolute Gasteiger partial charge is 0.483 e. The van der Waals surface area contributed by atoms with Gasteiger partial charge in [0, 0.05) is 32.2 Å². The van der Waals surface area contributed by atoms with Gasteiger partial charge in [-0.05, 0) is 25.1 Å². The Bertz CT molecular complexity index is 1190. The van der Waals surface area contributed by atoms with Gasteiger partial charge < -0.3 is 15.0 Å². The third kappa shape index (κ3) is 3.73. The summed E-state index contributed by atoms with van der Waals surface area (Å²) >= 11 is 0. The van der Waals surface area contributed by atoms with E-state index in [2.05, 4.69) is 20.3 Å². The molecule has 0 unspecified atom stereocenters. The highest BCUT2D eigenvalue weighted by Crippen LogP contribution is 2.24. The predicted octanol–water partition coefficient (Wildman–Crippen LogP) is 1.53. The van der Waals surface area contributed by atoms with Gasteiger partial charge in [0.15, 0.2) is 11.6 Å². The number of H-pyrrole nitrogens is 1. The summed E-state index contributed by atoms with van der Waals surface area (Å²) in [6.07, 6.45) is -0.278. The van der Waals surface area contributed by atoms with Crippen LogP contribution in [0.2, 0.25) is 0 Å². The molecule has 0 saturated carbocycles. The molecular weight excluding hydrogens is 396 g/mol. The van der Waals surface area contributed by atoms with Crippen LogP contribution in [0.25, 0.3) is 11.0 Å². The highest BCUT2D eigenvalue weighted by atomic mass is 19.1. The Hall–Kier alpha value is -3.40. The summed E-state index contributed by atoms with van der Waals surface area (Å²) in [7, 11) is 1.43. The molecular formula is C20H19F2N5O3. The van der Waals surface area contributed by atoms with Gasteiger partial charge >= 0.3 is 0 Å². The first kappa shape index (κ1) is 19.9. The lowest BCUT2D eigenvalue weighted by Crippen LogP contribution is -2.53. The van der Waals surface area contributed by atoms with Crippen LogP contribution in [0.5, 0.6) is 5.75 Å². The van der Waals surface area contributed by atoms with Crippen molar-refractivity contribution in [3.8, 4) is 5.75 Å². The maximum absolute atomic E-state index is 14.8. The van der Waals surface area contributed by atoms with Crippen molar-refractivity contribution in [2.24, 2.45) is 0 Å². The summed E-state index contributed by atoms with van der Waals surface area (Å²) in [4.78, 5) is 35.4. The molecule has 30 heavy (non-hydrogen) atoms. The second-order valence-electron chi connectivity index (χ2n) is 7.08. The van der Waals surface area contributed by atoms with Gasteiger partial charge in [-0.15, -0.1) is 0 Å². The van der Waals surface area contributed by atoms with E-state index in [1.54, 1.807) is 19.1 Å². The van der Waals surface area contributed by atoms with Crippen LogP contribution in [-0.4, -0.2) is 52.0 Å². The molecule has 8 nitrogen and oxygen atoms in total. The van der Waals surface area contributed by atoms with Crippen molar-refractivity contribution >= 4 is 16.9 Å². The first-order valence-electron chi connectivity index (χ1n) is 9.31. The minimum atomic E-state index is -0.859. The smallest absolute Gasteiger partial charge is 0.269 e. The Labute approximate surface area is 169 Å². The van der Waals surface area contributed by atoms with Crippen LogP contribution in [0, 0.1) is 18.7 Å². The van der Waals surface area contributed by atoms with Gasteiger partial charge in [0.1, 0.15) is 23.0 Å². The van der Waals surface area contributed by atoms with E-state index in [1.165, 1.54) is 19.2 Å². The first-order valence-corrected chi connectivity index (χ1v) is 9.31. The first-order chi connectivity index (χ1) is 14.4. The minimum absolute atomic E-state index is 0.0351. The second kappa shape index (κ2) is 7.79. The van der Waals surface area contributed by atoms with Crippen LogP contribution in [0.3, 0.4) is 0 Å². The number of benzene rings is 1. The molecule has 1 aliphatic heterocycles. The molecule has 0 atom stereocenters. The number of carbonyl (C=O) groups excluding carboxylic acids is 1. The number of nitrogens with zero attached hydrogens (tertiary/aromatic N) is 3. The van der Waals surface area contributed by atoms with Crippen LogP contribution in [0.15, 0.2) is 29.1 Å². The van der Waals surface area contributed by atoms with Gasteiger partial charge in [-0.1, -0.05) is 6.07 Å². The molecule has 2 aromatic heterocycles. The van der Waals surface area contributed by atoms with Gasteiger partial charge in [-0.3, -0.25) is 14.5 Å². The van der Waals surface area contributed by atoms with Crippen molar-refractivity contribution in [2.45, 2.75) is 19.6 Å². The number of hydrogen-bond acceptors (Lipinski definition) is 6. The highest BCUT2D eigenvalue weighted by Gasteiger charge is 2.30. The molecule has 0 bridgehead atoms. The van der Waals surface area contributed by atoms with E-state index >= 15 is 0 Å². The van der Waals surface area contributed by atoms with Gasteiger partial charge in [0.05, 0.1) is 5.52 Å². The lowest BCUT2D eigenvalue weighted by Gasteiger charge is -2.39. The standard InChI is InChI=1S/C20H19F2N5O3/c1-10-19(28)26-17-13(24-10)4-3-11(16(17)21)7-27-8-12(9-27)30-15-6-5-14(20(29)23-2)25-18(15)22/h3-6,12H,7-9H2,1-2H3,(H,23,29)(H,26,28). The maximum Gasteiger partial charge on any atom is 0.269 e. The van der Waals surface area contributed by atoms with Crippen LogP contribution < -0.4 is 15.6 Å². The summed E-state index contributed by atoms with van der Waals surface area (Å²) in [6.45, 7) is 2.82. The number of aromatic amines is 1. The van der Waals surface area contributed by atoms with E-state index in [0.717, 1.165) is 0 Å². The molecule has 1 aliphatic rings. The van der Waals surface area contributed by atoms with Crippen molar-refractivity contribution in [3.05, 3.63) is 63.3 Å². The van der Waals surface area contributed by atoms with E-state index < -0.39 is 23.2 Å². The monoisotopic (exact) mass is 415 g/mol. The molecule has 4 rings (SSSR count). The quantitative estimate of drug-likeness (QED) is 0.613. The normalized spacial score (nSPS) is 14.5. The number of amides is 1. The highest BCUT2D eigenvalue weighted by molar-refractivity contribution is 5.92. The average molecular weight is 415 g/mol. The van der Waals surface area contributed by atoms with E-state index in [-0.39, 0.29) is 28.8 Å². The number of nitrogens with one attached hydrogen (secondary N) is 2. The molecule has 156 valence electrons. The molecule has 1 amide bonds. The summed E-state index contributed by atoms with van der Waals surface area (Å²) < 4.78 is 34.4. The molecule has 1 fully saturated rings. The van der Waals surface area contributed by atoms with Crippen molar-refractivity contribution in [3.63, 3.8) is 0 Å². The van der Waals surface area contributed by atoms with Crippen LogP contribution in [0.4, 0.5) is 8.78 Å². The molecule has 2 N–H and O–H groups in total. The van der Waals surface area contributed by atoms with Crippen LogP contribution in [0.1, 0.15) is 21.7 Å². The SMILES string of the molecule is CNC(=O)c1ccc(OC2CN(Cc3ccc4nc(C)c(=O)[nH]c4c3F)C2)c(F)n1. The minimum Gasteiger partial charge on any atom is -0.483 e. The summed E-state index contributed by atoms with van der Waals surface area (Å²) in [5.74, 6) is -1.90. The lowest BCUT2D eigenvalue weighted by molar-refractivity contribution is 0.0112. The van der Waals surface area contributed by atoms with Crippen molar-refractivity contribution in [2.75, 3.05) is 20.1 Å². The molecule has 1 aromatic carbocycles. The summed E-state index contributed by atoms with van der Waals surface area (Å²) in [5.41, 5.74) is 0.718. The van der Waals surface area contributed by atoms with Gasteiger partial charge in [-0.25, -0.2) is 14.4 Å². The number of fused-ring (bicyclic) bond motifs is 1. The Morgan fingerprint density at radius 1 is 1.27 bits per heavy atom. The van der Waals surface area contributed by atoms with Crippen LogP contribution >= 0.6 is 0 Å². The van der Waals surface area contributed by atoms with E-state index in [4.69, 9.17) is 4.74 Å². The summed E-state index contributed by atoms with van der Waals surface area (Å²) in [6, 6.07) is 6.05. The predicted molar refractivity (Wildman–Crippen MR) is 104 cm³/mol. The number of hydrogen-bond donors (Lipinski definition) is 2. The van der Waals surface area contributed by atoms with Gasteiger partial charge in [0.2, 0.25) is 0 Å². The number of rotatable bonds is 5. The fraction of sp³-hybridized carbons (Fsp3) is 0.300. The summed E-state index contributed by atoms with van der Waals surface area (Å²) in [5, 5.41) is 2.37. The average Bonchev–Trinajstić information content (AvgIpc) is 2.70. The number of likely N-dealkylation sites (tertiary alicyclic amines) is 1.